The standard InChI is InChI=1S/C18H21N3O4S/c1-2-21(10-17(22)19-9-14-4-3-7-26-14)11-18(23)20-13-5-6-15-16(8-13)25-12-24-15/h3-8H,2,9-12H2,1H3,(H,19,22)(H,20,23). The van der Waals surface area contributed by atoms with Gasteiger partial charge in [0.2, 0.25) is 18.6 Å². The van der Waals surface area contributed by atoms with Crippen molar-refractivity contribution in [2.24, 2.45) is 0 Å². The maximum atomic E-state index is 12.3. The van der Waals surface area contributed by atoms with Gasteiger partial charge in [-0.1, -0.05) is 13.0 Å². The zero-order chi connectivity index (χ0) is 18.4. The van der Waals surface area contributed by atoms with E-state index in [9.17, 15) is 9.59 Å². The molecule has 1 aromatic heterocycles. The zero-order valence-electron chi connectivity index (χ0n) is 14.5. The fourth-order valence-corrected chi connectivity index (χ4v) is 3.16. The van der Waals surface area contributed by atoms with E-state index in [2.05, 4.69) is 10.6 Å². The third kappa shape index (κ3) is 4.96. The van der Waals surface area contributed by atoms with Gasteiger partial charge < -0.3 is 20.1 Å². The van der Waals surface area contributed by atoms with Gasteiger partial charge in [-0.3, -0.25) is 14.5 Å². The lowest BCUT2D eigenvalue weighted by molar-refractivity contribution is -0.123. The predicted octanol–water partition coefficient (Wildman–Crippen LogP) is 2.05. The molecule has 7 nitrogen and oxygen atoms in total. The number of anilines is 1. The second kappa shape index (κ2) is 8.68. The second-order valence-electron chi connectivity index (χ2n) is 5.78. The number of rotatable bonds is 8. The topological polar surface area (TPSA) is 79.9 Å². The minimum absolute atomic E-state index is 0.101. The summed E-state index contributed by atoms with van der Waals surface area (Å²) < 4.78 is 10.5. The van der Waals surface area contributed by atoms with Gasteiger partial charge in [0, 0.05) is 16.6 Å². The smallest absolute Gasteiger partial charge is 0.238 e. The number of nitrogens with zero attached hydrogens (tertiary/aromatic N) is 1. The van der Waals surface area contributed by atoms with Gasteiger partial charge in [-0.2, -0.15) is 0 Å². The van der Waals surface area contributed by atoms with Gasteiger partial charge in [0.25, 0.3) is 0 Å². The van der Waals surface area contributed by atoms with Crippen molar-refractivity contribution < 1.29 is 19.1 Å². The van der Waals surface area contributed by atoms with Crippen LogP contribution < -0.4 is 20.1 Å². The van der Waals surface area contributed by atoms with Gasteiger partial charge in [-0.15, -0.1) is 11.3 Å². The van der Waals surface area contributed by atoms with Crippen LogP contribution in [-0.4, -0.2) is 43.1 Å². The first-order chi connectivity index (χ1) is 12.6. The Kier molecular flexibility index (Phi) is 6.08. The van der Waals surface area contributed by atoms with Crippen LogP contribution in [0.15, 0.2) is 35.7 Å². The normalized spacial score (nSPS) is 12.2. The SMILES string of the molecule is CCN(CC(=O)NCc1cccs1)CC(=O)Nc1ccc2c(c1)OCO2. The Morgan fingerprint density at radius 3 is 2.73 bits per heavy atom. The van der Waals surface area contributed by atoms with E-state index in [-0.39, 0.29) is 31.7 Å². The fraction of sp³-hybridized carbons (Fsp3) is 0.333. The number of hydrogen-bond acceptors (Lipinski definition) is 6. The van der Waals surface area contributed by atoms with Crippen LogP contribution in [-0.2, 0) is 16.1 Å². The van der Waals surface area contributed by atoms with Crippen LogP contribution in [0.25, 0.3) is 0 Å². The molecule has 1 aliphatic rings. The summed E-state index contributed by atoms with van der Waals surface area (Å²) in [7, 11) is 0. The number of thiophene rings is 1. The number of amides is 2. The number of carbonyl (C=O) groups excluding carboxylic acids is 2. The molecular formula is C18H21N3O4S. The Morgan fingerprint density at radius 1 is 1.15 bits per heavy atom. The molecule has 0 unspecified atom stereocenters. The Morgan fingerprint density at radius 2 is 1.96 bits per heavy atom. The fourth-order valence-electron chi connectivity index (χ4n) is 2.52. The first-order valence-electron chi connectivity index (χ1n) is 8.35. The molecule has 0 atom stereocenters. The number of benzene rings is 1. The molecule has 8 heteroatoms. The summed E-state index contributed by atoms with van der Waals surface area (Å²) in [5.41, 5.74) is 0.637. The number of ether oxygens (including phenoxy) is 2. The molecule has 0 bridgehead atoms. The molecule has 0 aliphatic carbocycles. The van der Waals surface area contributed by atoms with Crippen LogP contribution in [0.5, 0.6) is 11.5 Å². The number of fused-ring (bicyclic) bond motifs is 1. The van der Waals surface area contributed by atoms with E-state index in [1.165, 1.54) is 0 Å². The quantitative estimate of drug-likeness (QED) is 0.738. The minimum atomic E-state index is -0.184. The molecule has 2 amide bonds. The molecule has 0 fully saturated rings. The van der Waals surface area contributed by atoms with Gasteiger partial charge in [0.05, 0.1) is 19.6 Å². The number of likely N-dealkylation sites (N-methyl/N-ethyl adjacent to an activating group) is 1. The Hall–Kier alpha value is -2.58. The average molecular weight is 375 g/mol. The van der Waals surface area contributed by atoms with Gasteiger partial charge >= 0.3 is 0 Å². The Bertz CT molecular complexity index is 764. The van der Waals surface area contributed by atoms with Crippen molar-refractivity contribution in [3.63, 3.8) is 0 Å². The first-order valence-corrected chi connectivity index (χ1v) is 9.23. The summed E-state index contributed by atoms with van der Waals surface area (Å²) in [6.45, 7) is 3.53. The third-order valence-corrected chi connectivity index (χ3v) is 4.75. The summed E-state index contributed by atoms with van der Waals surface area (Å²) in [5, 5.41) is 7.66. The highest BCUT2D eigenvalue weighted by molar-refractivity contribution is 7.09. The number of nitrogens with one attached hydrogen (secondary N) is 2. The largest absolute Gasteiger partial charge is 0.454 e. The lowest BCUT2D eigenvalue weighted by Gasteiger charge is -2.19. The molecule has 0 saturated heterocycles. The van der Waals surface area contributed by atoms with Crippen molar-refractivity contribution >= 4 is 28.8 Å². The highest BCUT2D eigenvalue weighted by atomic mass is 32.1. The molecule has 26 heavy (non-hydrogen) atoms. The van der Waals surface area contributed by atoms with Gasteiger partial charge in [-0.25, -0.2) is 0 Å². The summed E-state index contributed by atoms with van der Waals surface area (Å²) in [4.78, 5) is 27.2. The van der Waals surface area contributed by atoms with E-state index in [0.717, 1.165) is 4.88 Å². The maximum Gasteiger partial charge on any atom is 0.238 e. The molecule has 2 aromatic rings. The van der Waals surface area contributed by atoms with Crippen molar-refractivity contribution in [3.8, 4) is 11.5 Å². The van der Waals surface area contributed by atoms with Crippen molar-refractivity contribution in [2.45, 2.75) is 13.5 Å². The Labute approximate surface area is 155 Å². The molecule has 1 aromatic carbocycles. The van der Waals surface area contributed by atoms with Crippen LogP contribution in [0, 0.1) is 0 Å². The molecule has 3 rings (SSSR count). The molecule has 1 aliphatic heterocycles. The van der Waals surface area contributed by atoms with Crippen LogP contribution in [0.3, 0.4) is 0 Å². The van der Waals surface area contributed by atoms with Crippen LogP contribution >= 0.6 is 11.3 Å². The first kappa shape index (κ1) is 18.2. The van der Waals surface area contributed by atoms with Gasteiger partial charge in [-0.05, 0) is 30.1 Å². The molecule has 0 spiro atoms. The Balaban J connectivity index is 1.46. The van der Waals surface area contributed by atoms with Gasteiger partial charge in [0.1, 0.15) is 0 Å². The molecule has 0 radical (unpaired) electrons. The average Bonchev–Trinajstić information content (AvgIpc) is 3.30. The van der Waals surface area contributed by atoms with E-state index in [1.54, 1.807) is 34.4 Å². The summed E-state index contributed by atoms with van der Waals surface area (Å²) >= 11 is 1.60. The molecule has 2 heterocycles. The monoisotopic (exact) mass is 375 g/mol. The molecular weight excluding hydrogens is 354 g/mol. The maximum absolute atomic E-state index is 12.3. The van der Waals surface area contributed by atoms with Crippen LogP contribution in [0.1, 0.15) is 11.8 Å². The number of hydrogen-bond donors (Lipinski definition) is 2. The van der Waals surface area contributed by atoms with E-state index >= 15 is 0 Å². The second-order valence-corrected chi connectivity index (χ2v) is 6.81. The van der Waals surface area contributed by atoms with Crippen LogP contribution in [0.2, 0.25) is 0 Å². The number of carbonyl (C=O) groups is 2. The van der Waals surface area contributed by atoms with E-state index < -0.39 is 0 Å². The van der Waals surface area contributed by atoms with E-state index in [1.807, 2.05) is 24.4 Å². The van der Waals surface area contributed by atoms with Crippen molar-refractivity contribution in [1.29, 1.82) is 0 Å². The molecule has 2 N–H and O–H groups in total. The lowest BCUT2D eigenvalue weighted by atomic mass is 10.2. The van der Waals surface area contributed by atoms with Crippen molar-refractivity contribution in [3.05, 3.63) is 40.6 Å². The summed E-state index contributed by atoms with van der Waals surface area (Å²) in [6.07, 6.45) is 0. The van der Waals surface area contributed by atoms with Crippen molar-refractivity contribution in [1.82, 2.24) is 10.2 Å². The zero-order valence-corrected chi connectivity index (χ0v) is 15.3. The van der Waals surface area contributed by atoms with Crippen molar-refractivity contribution in [2.75, 3.05) is 31.7 Å². The lowest BCUT2D eigenvalue weighted by Crippen LogP contribution is -2.40. The van der Waals surface area contributed by atoms with E-state index in [0.29, 0.717) is 30.3 Å². The summed E-state index contributed by atoms with van der Waals surface area (Å²) in [6, 6.07) is 9.17. The third-order valence-electron chi connectivity index (χ3n) is 3.88. The van der Waals surface area contributed by atoms with E-state index in [4.69, 9.17) is 9.47 Å². The highest BCUT2D eigenvalue weighted by Gasteiger charge is 2.16. The van der Waals surface area contributed by atoms with Gasteiger partial charge in [0.15, 0.2) is 11.5 Å². The predicted molar refractivity (Wildman–Crippen MR) is 99.5 cm³/mol. The summed E-state index contributed by atoms with van der Waals surface area (Å²) in [5.74, 6) is 0.997. The minimum Gasteiger partial charge on any atom is -0.454 e. The molecule has 0 saturated carbocycles. The highest BCUT2D eigenvalue weighted by Crippen LogP contribution is 2.34. The van der Waals surface area contributed by atoms with Crippen LogP contribution in [0.4, 0.5) is 5.69 Å². The molecule has 138 valence electrons.